The molecule has 47 heavy (non-hydrogen) atoms. The molecule has 0 heterocycles. The third kappa shape index (κ3) is 8.19. The van der Waals surface area contributed by atoms with Gasteiger partial charge in [-0.1, -0.05) is 159 Å². The SMILES string of the molecule is C/C=C(\C=C\CCC)c1ccc2c(-c3ccccc3)c3cc(C)ccc3c(-c3ccccc3)c2c1.CC/C=C(/C)C1=CCCCC=C1. The maximum Gasteiger partial charge on any atom is -0.00262 e. The fourth-order valence-electron chi connectivity index (χ4n) is 6.58. The molecule has 0 bridgehead atoms. The number of aryl methyl sites for hydroxylation is 1. The molecule has 0 saturated heterocycles. The van der Waals surface area contributed by atoms with Crippen LogP contribution in [0.1, 0.15) is 77.3 Å². The summed E-state index contributed by atoms with van der Waals surface area (Å²) >= 11 is 0. The second kappa shape index (κ2) is 16.8. The highest BCUT2D eigenvalue weighted by Gasteiger charge is 2.17. The fraction of sp³-hybridized carbons (Fsp3) is 0.234. The van der Waals surface area contributed by atoms with E-state index in [2.05, 4.69) is 174 Å². The first-order valence-electron chi connectivity index (χ1n) is 17.5. The Morgan fingerprint density at radius 3 is 1.98 bits per heavy atom. The quantitative estimate of drug-likeness (QED) is 0.120. The third-order valence-electron chi connectivity index (χ3n) is 9.00. The lowest BCUT2D eigenvalue weighted by molar-refractivity contribution is 0.874. The van der Waals surface area contributed by atoms with Gasteiger partial charge in [-0.25, -0.2) is 0 Å². The molecule has 6 rings (SSSR count). The van der Waals surface area contributed by atoms with Crippen LogP contribution in [-0.4, -0.2) is 0 Å². The van der Waals surface area contributed by atoms with E-state index in [0.29, 0.717) is 0 Å². The van der Waals surface area contributed by atoms with E-state index < -0.39 is 0 Å². The number of fused-ring (bicyclic) bond motifs is 2. The van der Waals surface area contributed by atoms with Gasteiger partial charge in [0.2, 0.25) is 0 Å². The van der Waals surface area contributed by atoms with Crippen LogP contribution in [0.2, 0.25) is 0 Å². The smallest absolute Gasteiger partial charge is 0.00262 e. The Bertz CT molecular complexity index is 1940. The third-order valence-corrected chi connectivity index (χ3v) is 9.00. The molecule has 5 aromatic rings. The van der Waals surface area contributed by atoms with E-state index in [-0.39, 0.29) is 0 Å². The Morgan fingerprint density at radius 2 is 1.36 bits per heavy atom. The second-order valence-electron chi connectivity index (χ2n) is 12.5. The Balaban J connectivity index is 0.000000305. The van der Waals surface area contributed by atoms with Gasteiger partial charge in [-0.05, 0) is 125 Å². The molecule has 0 saturated carbocycles. The van der Waals surface area contributed by atoms with Crippen LogP contribution >= 0.6 is 0 Å². The van der Waals surface area contributed by atoms with Crippen LogP contribution in [0.5, 0.6) is 0 Å². The molecule has 0 aromatic heterocycles. The van der Waals surface area contributed by atoms with Gasteiger partial charge in [0.15, 0.2) is 0 Å². The summed E-state index contributed by atoms with van der Waals surface area (Å²) in [6.45, 7) is 10.9. The molecule has 0 radical (unpaired) electrons. The first kappa shape index (κ1) is 33.7. The standard InChI is InChI=1S/C35H32.C12H18/c1-4-6-9-14-26(5-2)29-20-22-31-33(24-29)35(28-17-12-8-13-18-28)30-21-19-25(3)23-32(30)34(31)27-15-10-7-11-16-27;1-3-8-11(2)12-9-6-4-5-7-10-12/h5,7-24H,4,6H2,1-3H3;6,8-10H,3-5,7H2,1-2H3/b14-9+,26-5+;11-8-. The summed E-state index contributed by atoms with van der Waals surface area (Å²) in [5, 5.41) is 5.20. The second-order valence-corrected chi connectivity index (χ2v) is 12.5. The zero-order valence-electron chi connectivity index (χ0n) is 29.0. The van der Waals surface area contributed by atoms with Gasteiger partial charge in [0.1, 0.15) is 0 Å². The van der Waals surface area contributed by atoms with Crippen LogP contribution in [0.25, 0.3) is 49.4 Å². The van der Waals surface area contributed by atoms with Crippen LogP contribution in [0.15, 0.2) is 151 Å². The Hall–Kier alpha value is -4.68. The van der Waals surface area contributed by atoms with Gasteiger partial charge in [-0.2, -0.15) is 0 Å². The van der Waals surface area contributed by atoms with Crippen molar-refractivity contribution in [1.82, 2.24) is 0 Å². The van der Waals surface area contributed by atoms with Gasteiger partial charge in [-0.15, -0.1) is 0 Å². The number of hydrogen-bond donors (Lipinski definition) is 0. The normalized spacial score (nSPS) is 13.9. The van der Waals surface area contributed by atoms with Crippen LogP contribution in [0.4, 0.5) is 0 Å². The van der Waals surface area contributed by atoms with Crippen molar-refractivity contribution in [3.8, 4) is 22.3 Å². The summed E-state index contributed by atoms with van der Waals surface area (Å²) in [6, 6.07) is 35.6. The number of benzene rings is 5. The van der Waals surface area contributed by atoms with E-state index in [0.717, 1.165) is 19.3 Å². The van der Waals surface area contributed by atoms with Crippen molar-refractivity contribution in [3.05, 3.63) is 162 Å². The molecule has 238 valence electrons. The fourth-order valence-corrected chi connectivity index (χ4v) is 6.58. The van der Waals surface area contributed by atoms with Gasteiger partial charge < -0.3 is 0 Å². The van der Waals surface area contributed by atoms with Gasteiger partial charge in [-0.3, -0.25) is 0 Å². The summed E-state index contributed by atoms with van der Waals surface area (Å²) in [4.78, 5) is 0. The molecule has 0 N–H and O–H groups in total. The van der Waals surface area contributed by atoms with Crippen LogP contribution in [0, 0.1) is 6.92 Å². The van der Waals surface area contributed by atoms with E-state index in [1.54, 1.807) is 0 Å². The highest BCUT2D eigenvalue weighted by Crippen LogP contribution is 2.44. The van der Waals surface area contributed by atoms with Crippen molar-refractivity contribution >= 4 is 27.1 Å². The molecule has 0 atom stereocenters. The highest BCUT2D eigenvalue weighted by molar-refractivity contribution is 6.21. The summed E-state index contributed by atoms with van der Waals surface area (Å²) in [5.41, 5.74) is 11.8. The first-order valence-corrected chi connectivity index (χ1v) is 17.5. The van der Waals surface area contributed by atoms with Crippen LogP contribution < -0.4 is 0 Å². The summed E-state index contributed by atoms with van der Waals surface area (Å²) in [5.74, 6) is 0. The van der Waals surface area contributed by atoms with Gasteiger partial charge in [0.25, 0.3) is 0 Å². The minimum atomic E-state index is 1.10. The van der Waals surface area contributed by atoms with E-state index in [1.807, 2.05) is 0 Å². The van der Waals surface area contributed by atoms with E-state index in [9.17, 15) is 0 Å². The molecule has 0 aliphatic heterocycles. The zero-order chi connectivity index (χ0) is 33.0. The average molecular weight is 615 g/mol. The maximum atomic E-state index is 2.40. The Kier molecular flexibility index (Phi) is 12.0. The summed E-state index contributed by atoms with van der Waals surface area (Å²) in [7, 11) is 0. The predicted molar refractivity (Wildman–Crippen MR) is 210 cm³/mol. The molecule has 0 fully saturated rings. The Labute approximate surface area is 283 Å². The van der Waals surface area contributed by atoms with Gasteiger partial charge >= 0.3 is 0 Å². The summed E-state index contributed by atoms with van der Waals surface area (Å²) < 4.78 is 0. The number of unbranched alkanes of at least 4 members (excludes halogenated alkanes) is 1. The van der Waals surface area contributed by atoms with Crippen molar-refractivity contribution in [2.45, 2.75) is 73.1 Å². The number of hydrogen-bond acceptors (Lipinski definition) is 0. The van der Waals surface area contributed by atoms with Crippen LogP contribution in [-0.2, 0) is 0 Å². The first-order chi connectivity index (χ1) is 23.0. The molecular weight excluding hydrogens is 565 g/mol. The minimum Gasteiger partial charge on any atom is -0.0839 e. The number of rotatable bonds is 8. The van der Waals surface area contributed by atoms with Crippen molar-refractivity contribution in [2.75, 3.05) is 0 Å². The molecule has 5 aromatic carbocycles. The number of allylic oxidation sites excluding steroid dienone is 10. The average Bonchev–Trinajstić information content (AvgIpc) is 3.40. The molecule has 0 spiro atoms. The van der Waals surface area contributed by atoms with E-state index in [1.165, 1.54) is 90.9 Å². The van der Waals surface area contributed by atoms with E-state index in [4.69, 9.17) is 0 Å². The van der Waals surface area contributed by atoms with Crippen molar-refractivity contribution < 1.29 is 0 Å². The van der Waals surface area contributed by atoms with Crippen molar-refractivity contribution in [1.29, 1.82) is 0 Å². The molecule has 0 nitrogen and oxygen atoms in total. The molecule has 0 unspecified atom stereocenters. The van der Waals surface area contributed by atoms with Gasteiger partial charge in [0.05, 0.1) is 0 Å². The Morgan fingerprint density at radius 1 is 0.723 bits per heavy atom. The predicted octanol–water partition coefficient (Wildman–Crippen LogP) is 14.4. The van der Waals surface area contributed by atoms with E-state index >= 15 is 0 Å². The lowest BCUT2D eigenvalue weighted by Crippen LogP contribution is -1.93. The van der Waals surface area contributed by atoms with Crippen molar-refractivity contribution in [2.24, 2.45) is 0 Å². The molecular formula is C47H50. The van der Waals surface area contributed by atoms with Gasteiger partial charge in [0, 0.05) is 0 Å². The minimum absolute atomic E-state index is 1.10. The van der Waals surface area contributed by atoms with Crippen molar-refractivity contribution in [3.63, 3.8) is 0 Å². The monoisotopic (exact) mass is 614 g/mol. The molecule has 0 heteroatoms. The highest BCUT2D eigenvalue weighted by atomic mass is 14.2. The lowest BCUT2D eigenvalue weighted by atomic mass is 9.84. The molecule has 1 aliphatic carbocycles. The zero-order valence-corrected chi connectivity index (χ0v) is 29.0. The maximum absolute atomic E-state index is 2.40. The largest absolute Gasteiger partial charge is 0.0839 e. The summed E-state index contributed by atoms with van der Waals surface area (Å²) in [6.07, 6.45) is 23.1. The molecule has 1 aliphatic rings. The van der Waals surface area contributed by atoms with Crippen LogP contribution in [0.3, 0.4) is 0 Å². The lowest BCUT2D eigenvalue weighted by Gasteiger charge is -2.19. The topological polar surface area (TPSA) is 0 Å². The molecule has 0 amide bonds.